The van der Waals surface area contributed by atoms with Gasteiger partial charge < -0.3 is 15.5 Å². The number of hydrogen-bond donors (Lipinski definition) is 1. The number of carbonyl (C=O) groups is 1. The molecule has 0 aliphatic heterocycles. The third kappa shape index (κ3) is 5.29. The summed E-state index contributed by atoms with van der Waals surface area (Å²) in [5.74, 6) is 0.640. The Morgan fingerprint density at radius 1 is 1.17 bits per heavy atom. The molecule has 1 fully saturated rings. The van der Waals surface area contributed by atoms with Crippen LogP contribution >= 0.6 is 11.6 Å². The Morgan fingerprint density at radius 3 is 2.62 bits per heavy atom. The van der Waals surface area contributed by atoms with E-state index in [4.69, 9.17) is 17.3 Å². The van der Waals surface area contributed by atoms with Gasteiger partial charge in [-0.2, -0.15) is 15.0 Å². The predicted molar refractivity (Wildman–Crippen MR) is 110 cm³/mol. The molecule has 0 saturated heterocycles. The minimum atomic E-state index is -0.691. The molecule has 0 radical (unpaired) electrons. The lowest BCUT2D eigenvalue weighted by molar-refractivity contribution is 0.0783. The summed E-state index contributed by atoms with van der Waals surface area (Å²) in [6, 6.07) is 2.44. The second-order valence-electron chi connectivity index (χ2n) is 7.30. The molecule has 2 aromatic heterocycles. The number of halogens is 2. The van der Waals surface area contributed by atoms with Crippen molar-refractivity contribution in [1.82, 2.24) is 24.8 Å². The SMILES string of the molecule is CN(CCCN(C)c1nc(N)nc(C2CCCC2)n1)C(=O)c1nc(Cl)ccc1F. The molecule has 0 bridgehead atoms. The first-order valence-electron chi connectivity index (χ1n) is 9.65. The van der Waals surface area contributed by atoms with Crippen molar-refractivity contribution in [3.05, 3.63) is 34.6 Å². The Morgan fingerprint density at radius 2 is 1.90 bits per heavy atom. The number of amides is 1. The van der Waals surface area contributed by atoms with Gasteiger partial charge in [0.15, 0.2) is 11.5 Å². The molecule has 0 atom stereocenters. The molecule has 10 heteroatoms. The van der Waals surface area contributed by atoms with Crippen LogP contribution < -0.4 is 10.6 Å². The van der Waals surface area contributed by atoms with Crippen molar-refractivity contribution in [2.24, 2.45) is 0 Å². The fourth-order valence-electron chi connectivity index (χ4n) is 3.43. The molecule has 1 saturated carbocycles. The maximum Gasteiger partial charge on any atom is 0.275 e. The summed E-state index contributed by atoms with van der Waals surface area (Å²) in [5, 5.41) is 0.0772. The first-order chi connectivity index (χ1) is 13.8. The molecule has 156 valence electrons. The second kappa shape index (κ2) is 9.30. The number of rotatable bonds is 7. The third-order valence-electron chi connectivity index (χ3n) is 5.07. The van der Waals surface area contributed by atoms with Gasteiger partial charge in [0.1, 0.15) is 11.0 Å². The monoisotopic (exact) mass is 421 g/mol. The van der Waals surface area contributed by atoms with Gasteiger partial charge in [0, 0.05) is 33.1 Å². The maximum atomic E-state index is 13.8. The van der Waals surface area contributed by atoms with E-state index < -0.39 is 11.7 Å². The van der Waals surface area contributed by atoms with Gasteiger partial charge in [-0.15, -0.1) is 0 Å². The standard InChI is InChI=1S/C19H25ClFN7O/c1-27(17(29)15-13(21)8-9-14(20)23-15)10-5-11-28(2)19-25-16(24-18(22)26-19)12-6-3-4-7-12/h8-9,12H,3-7,10-11H2,1-2H3,(H2,22,24,25,26). The topological polar surface area (TPSA) is 101 Å². The van der Waals surface area contributed by atoms with Crippen LogP contribution in [0.2, 0.25) is 5.15 Å². The number of pyridine rings is 1. The molecule has 0 unspecified atom stereocenters. The zero-order chi connectivity index (χ0) is 21.0. The molecule has 0 aromatic carbocycles. The van der Waals surface area contributed by atoms with Gasteiger partial charge in [0.05, 0.1) is 0 Å². The molecule has 8 nitrogen and oxygen atoms in total. The molecule has 3 rings (SSSR count). The highest BCUT2D eigenvalue weighted by Crippen LogP contribution is 2.32. The maximum absolute atomic E-state index is 13.8. The van der Waals surface area contributed by atoms with E-state index in [0.29, 0.717) is 31.4 Å². The number of nitrogen functional groups attached to an aromatic ring is 1. The van der Waals surface area contributed by atoms with E-state index in [-0.39, 0.29) is 16.8 Å². The predicted octanol–water partition coefficient (Wildman–Crippen LogP) is 2.90. The van der Waals surface area contributed by atoms with Crippen molar-refractivity contribution in [3.8, 4) is 0 Å². The van der Waals surface area contributed by atoms with Crippen LogP contribution in [-0.4, -0.2) is 57.9 Å². The fourth-order valence-corrected chi connectivity index (χ4v) is 3.58. The smallest absolute Gasteiger partial charge is 0.275 e. The van der Waals surface area contributed by atoms with Crippen LogP contribution in [0.15, 0.2) is 12.1 Å². The largest absolute Gasteiger partial charge is 0.368 e. The molecule has 1 aliphatic rings. The van der Waals surface area contributed by atoms with E-state index in [1.54, 1.807) is 7.05 Å². The van der Waals surface area contributed by atoms with Gasteiger partial charge in [0.25, 0.3) is 5.91 Å². The van der Waals surface area contributed by atoms with E-state index in [0.717, 1.165) is 24.7 Å². The Balaban J connectivity index is 1.57. The number of aromatic nitrogens is 4. The molecule has 0 spiro atoms. The normalized spacial score (nSPS) is 14.2. The summed E-state index contributed by atoms with van der Waals surface area (Å²) in [4.78, 5) is 32.6. The van der Waals surface area contributed by atoms with Crippen LogP contribution in [0, 0.1) is 5.82 Å². The number of nitrogens with two attached hydrogens (primary N) is 1. The van der Waals surface area contributed by atoms with Crippen LogP contribution in [0.25, 0.3) is 0 Å². The Bertz CT molecular complexity index is 876. The highest BCUT2D eigenvalue weighted by Gasteiger charge is 2.22. The average Bonchev–Trinajstić information content (AvgIpc) is 3.23. The zero-order valence-corrected chi connectivity index (χ0v) is 17.4. The summed E-state index contributed by atoms with van der Waals surface area (Å²) in [5.41, 5.74) is 5.60. The minimum Gasteiger partial charge on any atom is -0.368 e. The Labute approximate surface area is 174 Å². The third-order valence-corrected chi connectivity index (χ3v) is 5.28. The average molecular weight is 422 g/mol. The highest BCUT2D eigenvalue weighted by molar-refractivity contribution is 6.29. The lowest BCUT2D eigenvalue weighted by Crippen LogP contribution is -2.32. The van der Waals surface area contributed by atoms with Crippen LogP contribution in [0.3, 0.4) is 0 Å². The van der Waals surface area contributed by atoms with Crippen molar-refractivity contribution < 1.29 is 9.18 Å². The van der Waals surface area contributed by atoms with Crippen molar-refractivity contribution in [2.75, 3.05) is 37.8 Å². The lowest BCUT2D eigenvalue weighted by Gasteiger charge is -2.21. The van der Waals surface area contributed by atoms with E-state index >= 15 is 0 Å². The minimum absolute atomic E-state index is 0.0772. The zero-order valence-electron chi connectivity index (χ0n) is 16.6. The van der Waals surface area contributed by atoms with E-state index in [1.807, 2.05) is 11.9 Å². The fraction of sp³-hybridized carbons (Fsp3) is 0.526. The van der Waals surface area contributed by atoms with E-state index in [2.05, 4.69) is 19.9 Å². The molecule has 2 aromatic rings. The molecular formula is C19H25ClFN7O. The molecule has 1 amide bonds. The van der Waals surface area contributed by atoms with Crippen LogP contribution in [0.1, 0.15) is 54.3 Å². The number of nitrogens with zero attached hydrogens (tertiary/aromatic N) is 6. The lowest BCUT2D eigenvalue weighted by atomic mass is 10.1. The molecular weight excluding hydrogens is 397 g/mol. The van der Waals surface area contributed by atoms with Gasteiger partial charge in [-0.05, 0) is 31.4 Å². The number of hydrogen-bond acceptors (Lipinski definition) is 7. The van der Waals surface area contributed by atoms with E-state index in [1.165, 1.54) is 23.8 Å². The summed E-state index contributed by atoms with van der Waals surface area (Å²) in [7, 11) is 3.47. The van der Waals surface area contributed by atoms with Crippen molar-refractivity contribution in [3.63, 3.8) is 0 Å². The first kappa shape index (κ1) is 21.2. The van der Waals surface area contributed by atoms with E-state index in [9.17, 15) is 9.18 Å². The van der Waals surface area contributed by atoms with Gasteiger partial charge >= 0.3 is 0 Å². The highest BCUT2D eigenvalue weighted by atomic mass is 35.5. The van der Waals surface area contributed by atoms with Crippen molar-refractivity contribution in [2.45, 2.75) is 38.0 Å². The Hall–Kier alpha value is -2.55. The van der Waals surface area contributed by atoms with Crippen molar-refractivity contribution in [1.29, 1.82) is 0 Å². The van der Waals surface area contributed by atoms with Crippen LogP contribution in [0.4, 0.5) is 16.3 Å². The summed E-state index contributed by atoms with van der Waals surface area (Å²) < 4.78 is 13.8. The second-order valence-corrected chi connectivity index (χ2v) is 7.69. The van der Waals surface area contributed by atoms with Crippen LogP contribution in [0.5, 0.6) is 0 Å². The summed E-state index contributed by atoms with van der Waals surface area (Å²) >= 11 is 5.77. The van der Waals surface area contributed by atoms with Gasteiger partial charge in [-0.3, -0.25) is 4.79 Å². The molecule has 1 aliphatic carbocycles. The van der Waals surface area contributed by atoms with Gasteiger partial charge in [-0.1, -0.05) is 24.4 Å². The summed E-state index contributed by atoms with van der Waals surface area (Å²) in [6.07, 6.45) is 5.15. The molecule has 29 heavy (non-hydrogen) atoms. The Kier molecular flexibility index (Phi) is 6.79. The summed E-state index contributed by atoms with van der Waals surface area (Å²) in [6.45, 7) is 1.00. The van der Waals surface area contributed by atoms with Crippen LogP contribution in [-0.2, 0) is 0 Å². The number of anilines is 2. The van der Waals surface area contributed by atoms with Gasteiger partial charge in [0.2, 0.25) is 11.9 Å². The van der Waals surface area contributed by atoms with Crippen molar-refractivity contribution >= 4 is 29.4 Å². The first-order valence-corrected chi connectivity index (χ1v) is 10.0. The molecule has 2 N–H and O–H groups in total. The van der Waals surface area contributed by atoms with Gasteiger partial charge in [-0.25, -0.2) is 9.37 Å². The number of carbonyl (C=O) groups excluding carboxylic acids is 1. The molecule has 2 heterocycles. The quantitative estimate of drug-likeness (QED) is 0.686.